The standard InChI is InChI=1S/C74H46N8/c1-5-21-47(22-6-1)72-76-73(48-23-7-2-8-24-48)78-74(77-72)49-37-38-56(67(41-49)82-65-36-20-16-32-55(65)60-43-58-53-30-14-18-34-63(53)80(69(58)45-71(60)82)51-27-11-4-12-28-51)61-46-75-40-39-66(61)81-64-35-19-15-31-54(64)59-42-57-52-29-13-17-33-62(52)79(68(57)44-70(59)81)50-25-9-3-10-26-50/h1-46H. The Kier molecular flexibility index (Phi) is 10.1. The molecule has 6 heterocycles. The van der Waals surface area contributed by atoms with E-state index in [9.17, 15) is 0 Å². The molecule has 0 unspecified atom stereocenters. The van der Waals surface area contributed by atoms with Crippen LogP contribution in [-0.4, -0.2) is 38.2 Å². The molecule has 11 aromatic carbocycles. The molecule has 0 spiro atoms. The summed E-state index contributed by atoms with van der Waals surface area (Å²) >= 11 is 0. The highest BCUT2D eigenvalue weighted by atomic mass is 15.1. The number of hydrogen-bond acceptors (Lipinski definition) is 4. The average Bonchev–Trinajstić information content (AvgIpc) is 2.72. The van der Waals surface area contributed by atoms with Crippen LogP contribution >= 0.6 is 0 Å². The molecule has 0 fully saturated rings. The molecule has 0 saturated heterocycles. The minimum absolute atomic E-state index is 0.569. The third-order valence-corrected chi connectivity index (χ3v) is 16.5. The van der Waals surface area contributed by atoms with Crippen LogP contribution in [0.25, 0.3) is 155 Å². The predicted octanol–water partition coefficient (Wildman–Crippen LogP) is 18.3. The maximum absolute atomic E-state index is 5.30. The highest BCUT2D eigenvalue weighted by molar-refractivity contribution is 6.21. The zero-order valence-corrected chi connectivity index (χ0v) is 44.1. The van der Waals surface area contributed by atoms with Crippen LogP contribution in [-0.2, 0) is 0 Å². The predicted molar refractivity (Wildman–Crippen MR) is 337 cm³/mol. The van der Waals surface area contributed by atoms with Crippen molar-refractivity contribution in [2.75, 3.05) is 0 Å². The van der Waals surface area contributed by atoms with Crippen molar-refractivity contribution in [1.82, 2.24) is 38.2 Å². The molecule has 0 N–H and O–H groups in total. The second-order valence-electron chi connectivity index (χ2n) is 21.0. The van der Waals surface area contributed by atoms with Crippen molar-refractivity contribution in [2.45, 2.75) is 0 Å². The lowest BCUT2D eigenvalue weighted by Crippen LogP contribution is -2.04. The van der Waals surface area contributed by atoms with Crippen molar-refractivity contribution < 1.29 is 0 Å². The van der Waals surface area contributed by atoms with E-state index in [0.29, 0.717) is 17.5 Å². The molecule has 8 nitrogen and oxygen atoms in total. The molecule has 82 heavy (non-hydrogen) atoms. The fraction of sp³-hybridized carbons (Fsp3) is 0. The quantitative estimate of drug-likeness (QED) is 0.152. The molecule has 0 bridgehead atoms. The van der Waals surface area contributed by atoms with Crippen molar-refractivity contribution in [3.8, 4) is 68.0 Å². The number of benzene rings is 11. The van der Waals surface area contributed by atoms with Gasteiger partial charge in [0.2, 0.25) is 0 Å². The molecule has 8 heteroatoms. The van der Waals surface area contributed by atoms with Crippen molar-refractivity contribution in [1.29, 1.82) is 0 Å². The number of fused-ring (bicyclic) bond motifs is 12. The van der Waals surface area contributed by atoms with E-state index in [4.69, 9.17) is 19.9 Å². The monoisotopic (exact) mass is 1050 g/mol. The minimum Gasteiger partial charge on any atom is -0.309 e. The van der Waals surface area contributed by atoms with E-state index in [1.54, 1.807) is 0 Å². The maximum Gasteiger partial charge on any atom is 0.164 e. The van der Waals surface area contributed by atoms with Gasteiger partial charge < -0.3 is 18.3 Å². The molecule has 17 aromatic rings. The molecule has 0 amide bonds. The van der Waals surface area contributed by atoms with Crippen LogP contribution in [0.4, 0.5) is 0 Å². The summed E-state index contributed by atoms with van der Waals surface area (Å²) in [4.78, 5) is 20.7. The van der Waals surface area contributed by atoms with Gasteiger partial charge in [0.15, 0.2) is 17.5 Å². The Hall–Kier alpha value is -11.2. The summed E-state index contributed by atoms with van der Waals surface area (Å²) in [6.07, 6.45) is 3.96. The Labute approximate surface area is 470 Å². The normalized spacial score (nSPS) is 11.9. The number of para-hydroxylation sites is 6. The third kappa shape index (κ3) is 6.98. The van der Waals surface area contributed by atoms with Gasteiger partial charge in [0.1, 0.15) is 0 Å². The number of hydrogen-bond donors (Lipinski definition) is 0. The van der Waals surface area contributed by atoms with E-state index >= 15 is 0 Å². The topological polar surface area (TPSA) is 71.3 Å². The van der Waals surface area contributed by atoms with Crippen LogP contribution in [0.15, 0.2) is 279 Å². The summed E-state index contributed by atoms with van der Waals surface area (Å²) in [5.41, 5.74) is 17.7. The first-order valence-corrected chi connectivity index (χ1v) is 27.7. The van der Waals surface area contributed by atoms with Gasteiger partial charge in [-0.15, -0.1) is 0 Å². The minimum atomic E-state index is 0.569. The first-order valence-electron chi connectivity index (χ1n) is 27.7. The molecule has 17 rings (SSSR count). The van der Waals surface area contributed by atoms with Crippen LogP contribution in [0, 0.1) is 0 Å². The summed E-state index contributed by atoms with van der Waals surface area (Å²) < 4.78 is 9.71. The Morgan fingerprint density at radius 2 is 0.598 bits per heavy atom. The molecule has 0 aliphatic rings. The van der Waals surface area contributed by atoms with Gasteiger partial charge in [0.25, 0.3) is 0 Å². The van der Waals surface area contributed by atoms with E-state index in [2.05, 4.69) is 249 Å². The zero-order chi connectivity index (χ0) is 53.8. The lowest BCUT2D eigenvalue weighted by molar-refractivity contribution is 1.07. The Bertz CT molecular complexity index is 5330. The van der Waals surface area contributed by atoms with Crippen molar-refractivity contribution >= 4 is 87.2 Å². The highest BCUT2D eigenvalue weighted by Gasteiger charge is 2.25. The zero-order valence-electron chi connectivity index (χ0n) is 44.1. The smallest absolute Gasteiger partial charge is 0.164 e. The van der Waals surface area contributed by atoms with Gasteiger partial charge in [-0.3, -0.25) is 4.98 Å². The first-order chi connectivity index (χ1) is 40.7. The number of rotatable bonds is 8. The number of aromatic nitrogens is 8. The van der Waals surface area contributed by atoms with Gasteiger partial charge in [-0.2, -0.15) is 0 Å². The van der Waals surface area contributed by atoms with Gasteiger partial charge in [0, 0.05) is 94.7 Å². The maximum atomic E-state index is 5.30. The van der Waals surface area contributed by atoms with Crippen LogP contribution in [0.5, 0.6) is 0 Å². The third-order valence-electron chi connectivity index (χ3n) is 16.5. The van der Waals surface area contributed by atoms with Gasteiger partial charge in [-0.1, -0.05) is 182 Å². The molecule has 6 aromatic heterocycles. The Morgan fingerprint density at radius 3 is 1.05 bits per heavy atom. The lowest BCUT2D eigenvalue weighted by atomic mass is 10.00. The summed E-state index contributed by atoms with van der Waals surface area (Å²) in [6.45, 7) is 0. The highest BCUT2D eigenvalue weighted by Crippen LogP contribution is 2.46. The fourth-order valence-corrected chi connectivity index (χ4v) is 12.9. The number of pyridine rings is 1. The summed E-state index contributed by atoms with van der Waals surface area (Å²) in [6, 6.07) is 95.4. The molecular weight excluding hydrogens is 1000 g/mol. The van der Waals surface area contributed by atoms with Crippen molar-refractivity contribution in [2.24, 2.45) is 0 Å². The Morgan fingerprint density at radius 1 is 0.232 bits per heavy atom. The molecule has 0 atom stereocenters. The van der Waals surface area contributed by atoms with Crippen LogP contribution < -0.4 is 0 Å². The Balaban J connectivity index is 0.978. The van der Waals surface area contributed by atoms with E-state index < -0.39 is 0 Å². The second kappa shape index (κ2) is 18.2. The van der Waals surface area contributed by atoms with Crippen LogP contribution in [0.2, 0.25) is 0 Å². The van der Waals surface area contributed by atoms with Crippen LogP contribution in [0.1, 0.15) is 0 Å². The van der Waals surface area contributed by atoms with Crippen LogP contribution in [0.3, 0.4) is 0 Å². The largest absolute Gasteiger partial charge is 0.309 e. The first kappa shape index (κ1) is 45.8. The summed E-state index contributed by atoms with van der Waals surface area (Å²) in [5.74, 6) is 1.77. The number of nitrogens with zero attached hydrogens (tertiary/aromatic N) is 8. The van der Waals surface area contributed by atoms with Crippen molar-refractivity contribution in [3.05, 3.63) is 279 Å². The van der Waals surface area contributed by atoms with E-state index in [0.717, 1.165) is 100.0 Å². The molecular formula is C74H46N8. The summed E-state index contributed by atoms with van der Waals surface area (Å²) in [5, 5.41) is 9.47. The molecule has 0 saturated carbocycles. The van der Waals surface area contributed by atoms with E-state index in [1.165, 1.54) is 37.8 Å². The SMILES string of the molecule is c1ccc(-c2nc(-c3ccccc3)nc(-c3ccc(-c4cnccc4-n4c5ccccc5c5cc6c7ccccc7n(-c7ccccc7)c6cc54)c(-n4c5ccccc5c5cc6c7ccccc7n(-c7ccccc7)c6cc54)c3)n2)cc1. The summed E-state index contributed by atoms with van der Waals surface area (Å²) in [7, 11) is 0. The van der Waals surface area contributed by atoms with E-state index in [-0.39, 0.29) is 0 Å². The molecule has 0 radical (unpaired) electrons. The average molecular weight is 1050 g/mol. The second-order valence-corrected chi connectivity index (χ2v) is 21.0. The fourth-order valence-electron chi connectivity index (χ4n) is 12.9. The molecule has 0 aliphatic heterocycles. The molecule has 0 aliphatic carbocycles. The lowest BCUT2D eigenvalue weighted by Gasteiger charge is -2.19. The molecule has 382 valence electrons. The van der Waals surface area contributed by atoms with Crippen molar-refractivity contribution in [3.63, 3.8) is 0 Å². The van der Waals surface area contributed by atoms with Gasteiger partial charge in [-0.05, 0) is 84.9 Å². The van der Waals surface area contributed by atoms with Gasteiger partial charge in [0.05, 0.1) is 55.5 Å². The van der Waals surface area contributed by atoms with Gasteiger partial charge >= 0.3 is 0 Å². The van der Waals surface area contributed by atoms with Gasteiger partial charge in [-0.25, -0.2) is 15.0 Å². The van der Waals surface area contributed by atoms with E-state index in [1.807, 2.05) is 48.8 Å².